The molecule has 26 heavy (non-hydrogen) atoms. The van der Waals surface area contributed by atoms with E-state index in [1.807, 2.05) is 0 Å². The van der Waals surface area contributed by atoms with Crippen molar-refractivity contribution >= 4 is 62.1 Å². The molecule has 1 heterocycles. The number of aromatic hydroxyl groups is 2. The van der Waals surface area contributed by atoms with Crippen molar-refractivity contribution in [3.63, 3.8) is 0 Å². The summed E-state index contributed by atoms with van der Waals surface area (Å²) in [4.78, 5) is 25.1. The van der Waals surface area contributed by atoms with Gasteiger partial charge in [0, 0.05) is 10.0 Å². The zero-order valence-electron chi connectivity index (χ0n) is 13.0. The Balaban J connectivity index is 1.83. The van der Waals surface area contributed by atoms with E-state index in [1.54, 1.807) is 24.3 Å². The first-order valence-corrected chi connectivity index (χ1v) is 9.24. The van der Waals surface area contributed by atoms with Crippen LogP contribution in [0.4, 0.5) is 0 Å². The Morgan fingerprint density at radius 1 is 1.19 bits per heavy atom. The molecule has 3 N–H and O–H groups in total. The van der Waals surface area contributed by atoms with Crippen molar-refractivity contribution in [2.75, 3.05) is 0 Å². The van der Waals surface area contributed by atoms with Gasteiger partial charge in [-0.15, -0.1) is 0 Å². The first kappa shape index (κ1) is 18.4. The molecule has 0 unspecified atom stereocenters. The van der Waals surface area contributed by atoms with Crippen LogP contribution in [0.25, 0.3) is 6.08 Å². The summed E-state index contributed by atoms with van der Waals surface area (Å²) >= 11 is 9.45. The second-order valence-corrected chi connectivity index (χ2v) is 7.77. The van der Waals surface area contributed by atoms with E-state index in [4.69, 9.17) is 12.2 Å². The number of benzene rings is 2. The molecule has 0 radical (unpaired) electrons. The third-order valence-electron chi connectivity index (χ3n) is 3.43. The summed E-state index contributed by atoms with van der Waals surface area (Å²) in [6.07, 6.45) is 1.49. The van der Waals surface area contributed by atoms with Crippen molar-refractivity contribution in [2.24, 2.45) is 0 Å². The number of thioether (sulfide) groups is 1. The molecule has 1 aliphatic heterocycles. The Labute approximate surface area is 166 Å². The molecule has 3 rings (SSSR count). The Bertz CT molecular complexity index is 962. The van der Waals surface area contributed by atoms with Gasteiger partial charge in [0.25, 0.3) is 11.8 Å². The first-order valence-electron chi connectivity index (χ1n) is 7.22. The van der Waals surface area contributed by atoms with Crippen LogP contribution >= 0.6 is 39.9 Å². The van der Waals surface area contributed by atoms with E-state index in [0.29, 0.717) is 5.56 Å². The van der Waals surface area contributed by atoms with Crippen molar-refractivity contribution < 1.29 is 19.8 Å². The Morgan fingerprint density at radius 3 is 2.65 bits per heavy atom. The van der Waals surface area contributed by atoms with E-state index in [0.717, 1.165) is 21.2 Å². The van der Waals surface area contributed by atoms with Crippen LogP contribution < -0.4 is 5.43 Å². The number of carbonyl (C=O) groups excluding carboxylic acids is 2. The fraction of sp³-hybridized carbons (Fsp3) is 0. The maximum absolute atomic E-state index is 12.5. The third-order valence-corrected chi connectivity index (χ3v) is 5.23. The highest BCUT2D eigenvalue weighted by Crippen LogP contribution is 2.34. The second kappa shape index (κ2) is 7.48. The monoisotopic (exact) mass is 450 g/mol. The molecule has 1 aliphatic rings. The van der Waals surface area contributed by atoms with E-state index >= 15 is 0 Å². The average molecular weight is 451 g/mol. The van der Waals surface area contributed by atoms with Crippen LogP contribution in [0.3, 0.4) is 0 Å². The van der Waals surface area contributed by atoms with Crippen LogP contribution in [0.15, 0.2) is 51.8 Å². The van der Waals surface area contributed by atoms with Crippen LogP contribution in [0.5, 0.6) is 11.5 Å². The van der Waals surface area contributed by atoms with Gasteiger partial charge in [-0.05, 0) is 48.6 Å². The van der Waals surface area contributed by atoms with E-state index < -0.39 is 11.8 Å². The Morgan fingerprint density at radius 2 is 1.92 bits per heavy atom. The smallest absolute Gasteiger partial charge is 0.285 e. The molecule has 0 bridgehead atoms. The number of phenolic OH excluding ortho intramolecular Hbond substituents is 2. The Kier molecular flexibility index (Phi) is 5.30. The summed E-state index contributed by atoms with van der Waals surface area (Å²) in [5, 5.41) is 20.6. The molecule has 2 aromatic rings. The number of amides is 2. The zero-order valence-corrected chi connectivity index (χ0v) is 16.2. The number of para-hydroxylation sites is 1. The molecule has 132 valence electrons. The quantitative estimate of drug-likeness (QED) is 0.490. The van der Waals surface area contributed by atoms with Gasteiger partial charge in [0.1, 0.15) is 11.5 Å². The first-order chi connectivity index (χ1) is 12.4. The molecule has 2 aromatic carbocycles. The summed E-state index contributed by atoms with van der Waals surface area (Å²) in [5.41, 5.74) is 2.85. The van der Waals surface area contributed by atoms with Crippen LogP contribution in [0.2, 0.25) is 0 Å². The van der Waals surface area contributed by atoms with Gasteiger partial charge < -0.3 is 10.2 Å². The molecule has 9 heteroatoms. The second-order valence-electron chi connectivity index (χ2n) is 5.18. The number of nitrogens with one attached hydrogen (secondary N) is 1. The largest absolute Gasteiger partial charge is 0.507 e. The van der Waals surface area contributed by atoms with Crippen LogP contribution in [-0.2, 0) is 4.79 Å². The standard InChI is InChI=1S/C17H11BrN2O4S2/c18-10-5-6-12(21)9(7-10)8-14-16(24)20(17(25)26-14)19-15(23)11-3-1-2-4-13(11)22/h1-8,21-22H,(H,19,23). The van der Waals surface area contributed by atoms with Gasteiger partial charge in [-0.1, -0.05) is 39.8 Å². The van der Waals surface area contributed by atoms with Gasteiger partial charge in [0.2, 0.25) is 0 Å². The molecular weight excluding hydrogens is 440 g/mol. The lowest BCUT2D eigenvalue weighted by atomic mass is 10.2. The number of hydrogen-bond acceptors (Lipinski definition) is 6. The fourth-order valence-corrected chi connectivity index (χ4v) is 3.72. The lowest BCUT2D eigenvalue weighted by Crippen LogP contribution is -2.44. The summed E-state index contributed by atoms with van der Waals surface area (Å²) in [6, 6.07) is 10.8. The maximum atomic E-state index is 12.5. The van der Waals surface area contributed by atoms with Crippen molar-refractivity contribution in [3.8, 4) is 11.5 Å². The zero-order chi connectivity index (χ0) is 18.8. The van der Waals surface area contributed by atoms with E-state index in [2.05, 4.69) is 21.4 Å². The molecule has 2 amide bonds. The van der Waals surface area contributed by atoms with Crippen molar-refractivity contribution in [3.05, 3.63) is 63.0 Å². The average Bonchev–Trinajstić information content (AvgIpc) is 2.86. The van der Waals surface area contributed by atoms with Gasteiger partial charge in [0.05, 0.1) is 10.5 Å². The number of hydrogen-bond donors (Lipinski definition) is 3. The molecule has 1 fully saturated rings. The number of hydrazine groups is 1. The minimum atomic E-state index is -0.661. The highest BCUT2D eigenvalue weighted by Gasteiger charge is 2.34. The molecule has 0 atom stereocenters. The van der Waals surface area contributed by atoms with E-state index in [1.165, 1.54) is 24.3 Å². The lowest BCUT2D eigenvalue weighted by molar-refractivity contribution is -0.123. The molecule has 0 aliphatic carbocycles. The number of carbonyl (C=O) groups is 2. The topological polar surface area (TPSA) is 89.9 Å². The van der Waals surface area contributed by atoms with Crippen LogP contribution in [-0.4, -0.2) is 31.4 Å². The van der Waals surface area contributed by atoms with Gasteiger partial charge in [-0.25, -0.2) is 0 Å². The minimum absolute atomic E-state index is 0.0108. The third kappa shape index (κ3) is 3.74. The van der Waals surface area contributed by atoms with Crippen molar-refractivity contribution in [1.82, 2.24) is 10.4 Å². The van der Waals surface area contributed by atoms with Gasteiger partial charge >= 0.3 is 0 Å². The van der Waals surface area contributed by atoms with Crippen molar-refractivity contribution in [1.29, 1.82) is 0 Å². The number of phenols is 2. The number of thiocarbonyl (C=S) groups is 1. The number of rotatable bonds is 3. The molecule has 6 nitrogen and oxygen atoms in total. The van der Waals surface area contributed by atoms with Crippen LogP contribution in [0, 0.1) is 0 Å². The molecule has 0 aromatic heterocycles. The van der Waals surface area contributed by atoms with Crippen molar-refractivity contribution in [2.45, 2.75) is 0 Å². The molecule has 1 saturated heterocycles. The normalized spacial score (nSPS) is 15.6. The highest BCUT2D eigenvalue weighted by atomic mass is 79.9. The number of halogens is 1. The predicted molar refractivity (Wildman–Crippen MR) is 106 cm³/mol. The van der Waals surface area contributed by atoms with E-state index in [9.17, 15) is 19.8 Å². The summed E-state index contributed by atoms with van der Waals surface area (Å²) < 4.78 is 0.879. The van der Waals surface area contributed by atoms with Gasteiger partial charge in [-0.3, -0.25) is 15.0 Å². The van der Waals surface area contributed by atoms with E-state index in [-0.39, 0.29) is 26.3 Å². The van der Waals surface area contributed by atoms with Crippen LogP contribution in [0.1, 0.15) is 15.9 Å². The minimum Gasteiger partial charge on any atom is -0.507 e. The summed E-state index contributed by atoms with van der Waals surface area (Å²) in [7, 11) is 0. The van der Waals surface area contributed by atoms with Gasteiger partial charge in [-0.2, -0.15) is 5.01 Å². The summed E-state index contributed by atoms with van der Waals surface area (Å²) in [5.74, 6) is -1.38. The Hall–Kier alpha value is -2.36. The SMILES string of the molecule is O=C(NN1C(=O)C(=Cc2cc(Br)ccc2O)SC1=S)c1ccccc1O. The highest BCUT2D eigenvalue weighted by molar-refractivity contribution is 9.10. The lowest BCUT2D eigenvalue weighted by Gasteiger charge is -2.16. The summed E-state index contributed by atoms with van der Waals surface area (Å²) in [6.45, 7) is 0. The maximum Gasteiger partial charge on any atom is 0.285 e. The molecular formula is C17H11BrN2O4S2. The van der Waals surface area contributed by atoms with Gasteiger partial charge in [0.15, 0.2) is 4.32 Å². The predicted octanol–water partition coefficient (Wildman–Crippen LogP) is 3.41. The molecule has 0 saturated carbocycles. The molecule has 0 spiro atoms. The fourth-order valence-electron chi connectivity index (χ4n) is 2.17. The number of nitrogens with zero attached hydrogens (tertiary/aromatic N) is 1.